The Balaban J connectivity index is 1.64. The zero-order valence-electron chi connectivity index (χ0n) is 14.5. The first-order valence-corrected chi connectivity index (χ1v) is 9.71. The maximum absolute atomic E-state index is 12.3. The van der Waals surface area contributed by atoms with Gasteiger partial charge in [-0.1, -0.05) is 53.4 Å². The highest BCUT2D eigenvalue weighted by molar-refractivity contribution is 9.10. The summed E-state index contributed by atoms with van der Waals surface area (Å²) < 4.78 is 6.47. The van der Waals surface area contributed by atoms with Crippen LogP contribution in [0.3, 0.4) is 0 Å². The van der Waals surface area contributed by atoms with Crippen LogP contribution in [0.25, 0.3) is 6.08 Å². The molecule has 4 heteroatoms. The number of halogens is 1. The standard InChI is InChI=1S/C22H21BrO3/c23-19-12-10-17(11-13-19)21(24)14-9-16-5-4-8-20(15-16)26-22(25)18-6-2-1-3-7-18/h4-5,8-15,18H,1-3,6-7H2. The molecule has 134 valence electrons. The molecule has 1 aliphatic rings. The van der Waals surface area contributed by atoms with Gasteiger partial charge in [-0.2, -0.15) is 0 Å². The molecule has 0 aliphatic heterocycles. The number of ketones is 1. The molecule has 2 aromatic rings. The molecule has 0 amide bonds. The SMILES string of the molecule is O=C(C=Cc1cccc(OC(=O)C2CCCCC2)c1)c1ccc(Br)cc1. The highest BCUT2D eigenvalue weighted by atomic mass is 79.9. The number of carbonyl (C=O) groups excluding carboxylic acids is 2. The molecular weight excluding hydrogens is 392 g/mol. The zero-order chi connectivity index (χ0) is 18.4. The van der Waals surface area contributed by atoms with Crippen LogP contribution < -0.4 is 4.74 Å². The van der Waals surface area contributed by atoms with Crippen LogP contribution in [-0.2, 0) is 4.79 Å². The molecule has 0 bridgehead atoms. The van der Waals surface area contributed by atoms with E-state index < -0.39 is 0 Å². The van der Waals surface area contributed by atoms with E-state index in [9.17, 15) is 9.59 Å². The van der Waals surface area contributed by atoms with Crippen LogP contribution in [0.5, 0.6) is 5.75 Å². The molecule has 0 unspecified atom stereocenters. The Kier molecular flexibility index (Phi) is 6.40. The van der Waals surface area contributed by atoms with Crippen molar-refractivity contribution in [1.82, 2.24) is 0 Å². The molecule has 3 nitrogen and oxygen atoms in total. The molecule has 0 radical (unpaired) electrons. The second-order valence-electron chi connectivity index (χ2n) is 6.53. The second-order valence-corrected chi connectivity index (χ2v) is 7.45. The van der Waals surface area contributed by atoms with Gasteiger partial charge in [-0.3, -0.25) is 9.59 Å². The van der Waals surface area contributed by atoms with Crippen molar-refractivity contribution in [1.29, 1.82) is 0 Å². The molecule has 0 spiro atoms. The summed E-state index contributed by atoms with van der Waals surface area (Å²) in [5.74, 6) is 0.333. The summed E-state index contributed by atoms with van der Waals surface area (Å²) in [4.78, 5) is 24.5. The third kappa shape index (κ3) is 5.15. The van der Waals surface area contributed by atoms with Gasteiger partial charge in [0.05, 0.1) is 5.92 Å². The van der Waals surface area contributed by atoms with Gasteiger partial charge in [-0.25, -0.2) is 0 Å². The maximum atomic E-state index is 12.3. The van der Waals surface area contributed by atoms with Crippen LogP contribution >= 0.6 is 15.9 Å². The van der Waals surface area contributed by atoms with Gasteiger partial charge in [-0.05, 0) is 60.9 Å². The smallest absolute Gasteiger partial charge is 0.314 e. The van der Waals surface area contributed by atoms with E-state index in [1.165, 1.54) is 12.5 Å². The fourth-order valence-electron chi connectivity index (χ4n) is 3.10. The van der Waals surface area contributed by atoms with Crippen molar-refractivity contribution in [2.75, 3.05) is 0 Å². The average molecular weight is 413 g/mol. The van der Waals surface area contributed by atoms with Crippen molar-refractivity contribution in [3.63, 3.8) is 0 Å². The third-order valence-electron chi connectivity index (χ3n) is 4.57. The average Bonchev–Trinajstić information content (AvgIpc) is 2.67. The molecule has 0 aromatic heterocycles. The van der Waals surface area contributed by atoms with Gasteiger partial charge < -0.3 is 4.74 Å². The maximum Gasteiger partial charge on any atom is 0.314 e. The fraction of sp³-hybridized carbons (Fsp3) is 0.273. The molecule has 0 heterocycles. The normalized spacial score (nSPS) is 15.1. The van der Waals surface area contributed by atoms with Crippen LogP contribution in [-0.4, -0.2) is 11.8 Å². The first-order valence-electron chi connectivity index (χ1n) is 8.91. The molecule has 26 heavy (non-hydrogen) atoms. The minimum absolute atomic E-state index is 0.0157. The summed E-state index contributed by atoms with van der Waals surface area (Å²) in [6.07, 6.45) is 8.51. The van der Waals surface area contributed by atoms with E-state index in [0.29, 0.717) is 11.3 Å². The number of carbonyl (C=O) groups is 2. The number of benzene rings is 2. The highest BCUT2D eigenvalue weighted by Gasteiger charge is 2.22. The van der Waals surface area contributed by atoms with Gasteiger partial charge in [0.1, 0.15) is 5.75 Å². The number of hydrogen-bond acceptors (Lipinski definition) is 3. The third-order valence-corrected chi connectivity index (χ3v) is 5.10. The lowest BCUT2D eigenvalue weighted by atomic mass is 9.89. The van der Waals surface area contributed by atoms with E-state index in [0.717, 1.165) is 35.7 Å². The van der Waals surface area contributed by atoms with E-state index in [2.05, 4.69) is 15.9 Å². The van der Waals surface area contributed by atoms with Crippen molar-refractivity contribution in [3.8, 4) is 5.75 Å². The number of esters is 1. The van der Waals surface area contributed by atoms with Gasteiger partial charge in [0.15, 0.2) is 5.78 Å². The predicted molar refractivity (Wildman–Crippen MR) is 106 cm³/mol. The molecule has 0 atom stereocenters. The largest absolute Gasteiger partial charge is 0.426 e. The van der Waals surface area contributed by atoms with Crippen LogP contribution in [0.1, 0.15) is 48.0 Å². The first-order chi connectivity index (χ1) is 12.6. The predicted octanol–water partition coefficient (Wildman–Crippen LogP) is 5.83. The van der Waals surface area contributed by atoms with E-state index in [1.807, 2.05) is 24.3 Å². The molecule has 1 saturated carbocycles. The van der Waals surface area contributed by atoms with Gasteiger partial charge in [0, 0.05) is 10.0 Å². The van der Waals surface area contributed by atoms with Gasteiger partial charge in [0.2, 0.25) is 0 Å². The number of hydrogen-bond donors (Lipinski definition) is 0. The number of allylic oxidation sites excluding steroid dienone is 1. The summed E-state index contributed by atoms with van der Waals surface area (Å²) >= 11 is 3.36. The van der Waals surface area contributed by atoms with Crippen molar-refractivity contribution in [2.45, 2.75) is 32.1 Å². The molecule has 0 saturated heterocycles. The van der Waals surface area contributed by atoms with Crippen molar-refractivity contribution in [2.24, 2.45) is 5.92 Å². The Hall–Kier alpha value is -2.20. The molecule has 1 fully saturated rings. The minimum Gasteiger partial charge on any atom is -0.426 e. The van der Waals surface area contributed by atoms with Gasteiger partial charge in [-0.15, -0.1) is 0 Å². The zero-order valence-corrected chi connectivity index (χ0v) is 16.1. The van der Waals surface area contributed by atoms with E-state index in [-0.39, 0.29) is 17.7 Å². The lowest BCUT2D eigenvalue weighted by molar-refractivity contribution is -0.139. The molecule has 2 aromatic carbocycles. The summed E-state index contributed by atoms with van der Waals surface area (Å²) in [5, 5.41) is 0. The monoisotopic (exact) mass is 412 g/mol. The van der Waals surface area contributed by atoms with E-state index in [4.69, 9.17) is 4.74 Å². The quantitative estimate of drug-likeness (QED) is 0.268. The number of ether oxygens (including phenoxy) is 1. The molecular formula is C22H21BrO3. The summed E-state index contributed by atoms with van der Waals surface area (Å²) in [7, 11) is 0. The second kappa shape index (κ2) is 8.95. The van der Waals surface area contributed by atoms with Gasteiger partial charge >= 0.3 is 5.97 Å². The molecule has 1 aliphatic carbocycles. The van der Waals surface area contributed by atoms with Crippen LogP contribution in [0.2, 0.25) is 0 Å². The van der Waals surface area contributed by atoms with Crippen molar-refractivity contribution in [3.05, 3.63) is 70.2 Å². The Morgan fingerprint density at radius 3 is 2.46 bits per heavy atom. The summed E-state index contributed by atoms with van der Waals surface area (Å²) in [6.45, 7) is 0. The van der Waals surface area contributed by atoms with Crippen LogP contribution in [0, 0.1) is 5.92 Å². The topological polar surface area (TPSA) is 43.4 Å². The Labute approximate surface area is 162 Å². The summed E-state index contributed by atoms with van der Waals surface area (Å²) in [5.41, 5.74) is 1.45. The first kappa shape index (κ1) is 18.6. The van der Waals surface area contributed by atoms with E-state index in [1.54, 1.807) is 30.3 Å². The van der Waals surface area contributed by atoms with Crippen molar-refractivity contribution >= 4 is 33.8 Å². The fourth-order valence-corrected chi connectivity index (χ4v) is 3.37. The Morgan fingerprint density at radius 2 is 1.73 bits per heavy atom. The highest BCUT2D eigenvalue weighted by Crippen LogP contribution is 2.26. The molecule has 0 N–H and O–H groups in total. The summed E-state index contributed by atoms with van der Waals surface area (Å²) in [6, 6.07) is 14.5. The lowest BCUT2D eigenvalue weighted by Gasteiger charge is -2.19. The van der Waals surface area contributed by atoms with E-state index >= 15 is 0 Å². The van der Waals surface area contributed by atoms with Gasteiger partial charge in [0.25, 0.3) is 0 Å². The lowest BCUT2D eigenvalue weighted by Crippen LogP contribution is -2.22. The Morgan fingerprint density at radius 1 is 1.00 bits per heavy atom. The van der Waals surface area contributed by atoms with Crippen LogP contribution in [0.15, 0.2) is 59.1 Å². The molecule has 3 rings (SSSR count). The Bertz CT molecular complexity index is 802. The van der Waals surface area contributed by atoms with Crippen LogP contribution in [0.4, 0.5) is 0 Å². The van der Waals surface area contributed by atoms with Crippen molar-refractivity contribution < 1.29 is 14.3 Å². The number of rotatable bonds is 5. The minimum atomic E-state index is -0.142.